The number of carbonyl (C=O) groups is 2. The van der Waals surface area contributed by atoms with Crippen LogP contribution in [0.3, 0.4) is 0 Å². The summed E-state index contributed by atoms with van der Waals surface area (Å²) in [5, 5.41) is 4.95. The van der Waals surface area contributed by atoms with Crippen LogP contribution < -0.4 is 5.73 Å². The van der Waals surface area contributed by atoms with Gasteiger partial charge in [-0.15, -0.1) is 0 Å². The molecular formula is C23H22F4N6O2. The minimum Gasteiger partial charge on any atom is -0.384 e. The molecule has 0 spiro atoms. The van der Waals surface area contributed by atoms with Crippen LogP contribution in [0.4, 0.5) is 23.4 Å². The number of amides is 2. The third-order valence-electron chi connectivity index (χ3n) is 6.56. The van der Waals surface area contributed by atoms with Crippen molar-refractivity contribution in [2.75, 3.05) is 25.4 Å². The molecule has 3 aromatic rings. The normalized spacial score (nSPS) is 18.8. The first-order valence-electron chi connectivity index (χ1n) is 11.1. The van der Waals surface area contributed by atoms with Gasteiger partial charge in [0.2, 0.25) is 5.91 Å². The van der Waals surface area contributed by atoms with Crippen molar-refractivity contribution < 1.29 is 27.2 Å². The number of pyridine rings is 1. The molecule has 184 valence electrons. The lowest BCUT2D eigenvalue weighted by Gasteiger charge is -2.38. The number of hydrogen-bond donors (Lipinski definition) is 1. The number of likely N-dealkylation sites (tertiary alicyclic amines) is 2. The SMILES string of the molecule is Nc1cc(C(=O)N2CC(c3nn(CC(=O)N4CCC[C@H]4C(F)(F)F)c4ccc(F)cc34)C2)ccn1. The fourth-order valence-corrected chi connectivity index (χ4v) is 4.80. The molecule has 2 aromatic heterocycles. The van der Waals surface area contributed by atoms with Gasteiger partial charge in [-0.3, -0.25) is 14.3 Å². The Balaban J connectivity index is 1.37. The minimum absolute atomic E-state index is 0.0307. The highest BCUT2D eigenvalue weighted by atomic mass is 19.4. The number of halogens is 4. The molecule has 35 heavy (non-hydrogen) atoms. The van der Waals surface area contributed by atoms with Gasteiger partial charge in [-0.05, 0) is 43.2 Å². The summed E-state index contributed by atoms with van der Waals surface area (Å²) >= 11 is 0. The maximum absolute atomic E-state index is 14.0. The standard InChI is InChI=1S/C23H22F4N6O2/c24-15-3-4-17-16(9-15)21(14-10-31(11-14)22(35)13-5-6-29-19(28)8-13)30-33(17)12-20(34)32-7-1-2-18(32)23(25,26)27/h3-6,8-9,14,18H,1-2,7,10-12H2,(H2,28,29)/t18-/m0/s1. The van der Waals surface area contributed by atoms with Gasteiger partial charge in [-0.25, -0.2) is 9.37 Å². The molecule has 1 atom stereocenters. The van der Waals surface area contributed by atoms with Crippen molar-refractivity contribution in [2.45, 2.75) is 37.5 Å². The molecule has 2 saturated heterocycles. The largest absolute Gasteiger partial charge is 0.408 e. The van der Waals surface area contributed by atoms with E-state index in [0.29, 0.717) is 35.2 Å². The van der Waals surface area contributed by atoms with Crippen molar-refractivity contribution in [1.82, 2.24) is 24.6 Å². The van der Waals surface area contributed by atoms with E-state index in [1.807, 2.05) is 0 Å². The number of nitrogens with two attached hydrogens (primary N) is 1. The van der Waals surface area contributed by atoms with Gasteiger partial charge in [0.1, 0.15) is 24.2 Å². The van der Waals surface area contributed by atoms with Crippen molar-refractivity contribution >= 4 is 28.5 Å². The van der Waals surface area contributed by atoms with E-state index in [0.717, 1.165) is 4.90 Å². The van der Waals surface area contributed by atoms with Crippen LogP contribution in [0.1, 0.15) is 34.8 Å². The molecule has 0 aliphatic carbocycles. The number of nitrogens with zero attached hydrogens (tertiary/aromatic N) is 5. The van der Waals surface area contributed by atoms with Crippen LogP contribution in [-0.2, 0) is 11.3 Å². The van der Waals surface area contributed by atoms with Crippen molar-refractivity contribution in [3.63, 3.8) is 0 Å². The third kappa shape index (κ3) is 4.28. The fourth-order valence-electron chi connectivity index (χ4n) is 4.80. The first-order chi connectivity index (χ1) is 16.6. The van der Waals surface area contributed by atoms with Crippen LogP contribution >= 0.6 is 0 Å². The Kier molecular flexibility index (Phi) is 5.60. The number of rotatable bonds is 4. The predicted molar refractivity (Wildman–Crippen MR) is 118 cm³/mol. The Bertz CT molecular complexity index is 1300. The molecule has 2 aliphatic rings. The topological polar surface area (TPSA) is 97.3 Å². The first-order valence-corrected chi connectivity index (χ1v) is 11.1. The summed E-state index contributed by atoms with van der Waals surface area (Å²) in [4.78, 5) is 31.8. The highest BCUT2D eigenvalue weighted by Gasteiger charge is 2.47. The second kappa shape index (κ2) is 8.51. The van der Waals surface area contributed by atoms with Crippen molar-refractivity contribution in [1.29, 1.82) is 0 Å². The molecule has 0 saturated carbocycles. The van der Waals surface area contributed by atoms with E-state index in [1.54, 1.807) is 11.0 Å². The highest BCUT2D eigenvalue weighted by Crippen LogP contribution is 2.35. The monoisotopic (exact) mass is 490 g/mol. The van der Waals surface area contributed by atoms with Gasteiger partial charge < -0.3 is 15.5 Å². The number of alkyl halides is 3. The molecule has 1 aromatic carbocycles. The molecule has 0 bridgehead atoms. The van der Waals surface area contributed by atoms with E-state index >= 15 is 0 Å². The molecule has 8 nitrogen and oxygen atoms in total. The van der Waals surface area contributed by atoms with Crippen LogP contribution in [0, 0.1) is 5.82 Å². The lowest BCUT2D eigenvalue weighted by molar-refractivity contribution is -0.183. The fraction of sp³-hybridized carbons (Fsp3) is 0.391. The summed E-state index contributed by atoms with van der Waals surface area (Å²) in [5.41, 5.74) is 6.99. The molecule has 0 unspecified atom stereocenters. The van der Waals surface area contributed by atoms with Crippen LogP contribution in [0.25, 0.3) is 10.9 Å². The summed E-state index contributed by atoms with van der Waals surface area (Å²) in [7, 11) is 0. The van der Waals surface area contributed by atoms with Crippen LogP contribution in [0.15, 0.2) is 36.5 Å². The quantitative estimate of drug-likeness (QED) is 0.568. The van der Waals surface area contributed by atoms with Gasteiger partial charge in [0.25, 0.3) is 5.91 Å². The molecule has 2 amide bonds. The molecular weight excluding hydrogens is 468 g/mol. The maximum Gasteiger partial charge on any atom is 0.408 e. The lowest BCUT2D eigenvalue weighted by atomic mass is 9.93. The Morgan fingerprint density at radius 3 is 2.63 bits per heavy atom. The van der Waals surface area contributed by atoms with Crippen LogP contribution in [0.2, 0.25) is 0 Å². The Labute approximate surface area is 197 Å². The smallest absolute Gasteiger partial charge is 0.384 e. The zero-order valence-electron chi connectivity index (χ0n) is 18.5. The maximum atomic E-state index is 14.0. The van der Waals surface area contributed by atoms with E-state index in [2.05, 4.69) is 10.1 Å². The summed E-state index contributed by atoms with van der Waals surface area (Å²) in [6.45, 7) is 0.281. The number of hydrogen-bond acceptors (Lipinski definition) is 5. The second-order valence-electron chi connectivity index (χ2n) is 8.87. The Morgan fingerprint density at radius 2 is 1.91 bits per heavy atom. The van der Waals surface area contributed by atoms with Gasteiger partial charge in [0.15, 0.2) is 0 Å². The number of nitrogen functional groups attached to an aromatic ring is 1. The Morgan fingerprint density at radius 1 is 1.14 bits per heavy atom. The van der Waals surface area contributed by atoms with Crippen LogP contribution in [0.5, 0.6) is 0 Å². The zero-order chi connectivity index (χ0) is 24.9. The van der Waals surface area contributed by atoms with Crippen molar-refractivity contribution in [2.24, 2.45) is 0 Å². The van der Waals surface area contributed by atoms with Crippen LogP contribution in [-0.4, -0.2) is 68.2 Å². The summed E-state index contributed by atoms with van der Waals surface area (Å²) in [5.74, 6) is -1.41. The van der Waals surface area contributed by atoms with Crippen molar-refractivity contribution in [3.8, 4) is 0 Å². The number of anilines is 1. The van der Waals surface area contributed by atoms with Gasteiger partial charge in [0, 0.05) is 42.7 Å². The second-order valence-corrected chi connectivity index (χ2v) is 8.87. The summed E-state index contributed by atoms with van der Waals surface area (Å²) in [6, 6.07) is 5.20. The van der Waals surface area contributed by atoms with E-state index in [4.69, 9.17) is 5.73 Å². The molecule has 0 radical (unpaired) electrons. The molecule has 5 rings (SSSR count). The van der Waals surface area contributed by atoms with Gasteiger partial charge in [0.05, 0.1) is 11.2 Å². The summed E-state index contributed by atoms with van der Waals surface area (Å²) in [6.07, 6.45) is -2.89. The average Bonchev–Trinajstić information content (AvgIpc) is 3.38. The van der Waals surface area contributed by atoms with E-state index < -0.39 is 23.9 Å². The third-order valence-corrected chi connectivity index (χ3v) is 6.56. The van der Waals surface area contributed by atoms with Gasteiger partial charge >= 0.3 is 6.18 Å². The van der Waals surface area contributed by atoms with Gasteiger partial charge in [-0.1, -0.05) is 0 Å². The number of benzene rings is 1. The predicted octanol–water partition coefficient (Wildman–Crippen LogP) is 2.95. The first kappa shape index (κ1) is 23.1. The van der Waals surface area contributed by atoms with E-state index in [1.165, 1.54) is 35.1 Å². The highest BCUT2D eigenvalue weighted by molar-refractivity contribution is 5.95. The van der Waals surface area contributed by atoms with Gasteiger partial charge in [-0.2, -0.15) is 18.3 Å². The summed E-state index contributed by atoms with van der Waals surface area (Å²) < 4.78 is 55.3. The Hall–Kier alpha value is -3.70. The lowest BCUT2D eigenvalue weighted by Crippen LogP contribution is -2.48. The molecule has 2 fully saturated rings. The molecule has 12 heteroatoms. The minimum atomic E-state index is -4.49. The number of carbonyl (C=O) groups excluding carboxylic acids is 2. The molecule has 2 aliphatic heterocycles. The number of aromatic nitrogens is 3. The molecule has 2 N–H and O–H groups in total. The molecule has 4 heterocycles. The zero-order valence-corrected chi connectivity index (χ0v) is 18.5. The van der Waals surface area contributed by atoms with E-state index in [-0.39, 0.29) is 43.6 Å². The average molecular weight is 490 g/mol. The van der Waals surface area contributed by atoms with Crippen molar-refractivity contribution in [3.05, 3.63) is 53.6 Å². The van der Waals surface area contributed by atoms with E-state index in [9.17, 15) is 27.2 Å². The number of fused-ring (bicyclic) bond motifs is 1.